The Morgan fingerprint density at radius 2 is 1.13 bits per heavy atom. The van der Waals surface area contributed by atoms with Crippen LogP contribution in [0.5, 0.6) is 0 Å². The molecule has 0 radical (unpaired) electrons. The van der Waals surface area contributed by atoms with Crippen molar-refractivity contribution in [2.45, 2.75) is 33.1 Å². The van der Waals surface area contributed by atoms with E-state index in [1.165, 1.54) is 0 Å². The topological polar surface area (TPSA) is 46.2 Å². The summed E-state index contributed by atoms with van der Waals surface area (Å²) in [5.74, 6) is 0.0485. The van der Waals surface area contributed by atoms with Gasteiger partial charge in [0, 0.05) is 0 Å². The predicted octanol–water partition coefficient (Wildman–Crippen LogP) is 4.33. The molecule has 4 heteroatoms. The van der Waals surface area contributed by atoms with E-state index >= 15 is 0 Å². The van der Waals surface area contributed by atoms with Crippen molar-refractivity contribution >= 4 is 34.4 Å². The molecule has 0 aliphatic rings. The van der Waals surface area contributed by atoms with E-state index in [0.29, 0.717) is 6.42 Å². The molecule has 0 saturated heterocycles. The summed E-state index contributed by atoms with van der Waals surface area (Å²) in [4.78, 5) is 26.2. The second kappa shape index (κ2) is 9.36. The van der Waals surface area contributed by atoms with Crippen LogP contribution in [0.3, 0.4) is 0 Å². The summed E-state index contributed by atoms with van der Waals surface area (Å²) in [6, 6.07) is 30.2. The standard InChI is InChI=1S/C26H30NO2P/c1-3-4-20-26(29)27-30(21-22(2)28,23-14-8-5-9-15-23,24-16-10-6-11-17-24)25-18-12-7-13-19-25/h5-19H,3-4,20-21H2,1-2H3,(H,27,29). The van der Waals surface area contributed by atoms with Crippen molar-refractivity contribution < 1.29 is 9.59 Å². The van der Waals surface area contributed by atoms with Crippen LogP contribution < -0.4 is 21.0 Å². The Morgan fingerprint density at radius 3 is 1.47 bits per heavy atom. The third kappa shape index (κ3) is 3.95. The Bertz CT molecular complexity index is 888. The Morgan fingerprint density at radius 1 is 0.733 bits per heavy atom. The molecule has 0 unspecified atom stereocenters. The van der Waals surface area contributed by atoms with Crippen LogP contribution in [0.4, 0.5) is 0 Å². The summed E-state index contributed by atoms with van der Waals surface area (Å²) >= 11 is 0. The fraction of sp³-hybridized carbons (Fsp3) is 0.231. The van der Waals surface area contributed by atoms with Crippen LogP contribution in [-0.4, -0.2) is 17.9 Å². The Kier molecular flexibility index (Phi) is 6.84. The van der Waals surface area contributed by atoms with Gasteiger partial charge < -0.3 is 0 Å². The average molecular weight is 420 g/mol. The van der Waals surface area contributed by atoms with Crippen molar-refractivity contribution in [3.05, 3.63) is 91.0 Å². The van der Waals surface area contributed by atoms with E-state index in [-0.39, 0.29) is 17.9 Å². The van der Waals surface area contributed by atoms with Crippen LogP contribution in [0.2, 0.25) is 0 Å². The Labute approximate surface area is 179 Å². The molecule has 0 bridgehead atoms. The summed E-state index contributed by atoms with van der Waals surface area (Å²) in [6.07, 6.45) is 2.45. The van der Waals surface area contributed by atoms with Gasteiger partial charge in [-0.15, -0.1) is 0 Å². The van der Waals surface area contributed by atoms with Crippen molar-refractivity contribution in [1.29, 1.82) is 0 Å². The molecule has 1 amide bonds. The summed E-state index contributed by atoms with van der Waals surface area (Å²) in [6.45, 7) is 0.0769. The van der Waals surface area contributed by atoms with Gasteiger partial charge in [0.25, 0.3) is 0 Å². The first-order valence-corrected chi connectivity index (χ1v) is 12.9. The van der Waals surface area contributed by atoms with E-state index < -0.39 is 6.75 Å². The number of Topliss-reactive ketones (excluding diaryl/α,β-unsaturated/α-hetero) is 1. The number of carbonyl (C=O) groups is 2. The third-order valence-corrected chi connectivity index (χ3v) is 11.8. The summed E-state index contributed by atoms with van der Waals surface area (Å²) in [5.41, 5.74) is 0. The van der Waals surface area contributed by atoms with Crippen molar-refractivity contribution in [2.75, 3.05) is 6.16 Å². The van der Waals surface area contributed by atoms with E-state index in [4.69, 9.17) is 0 Å². The minimum absolute atomic E-state index is 0.00711. The summed E-state index contributed by atoms with van der Waals surface area (Å²) in [7, 11) is 0. The maximum atomic E-state index is 13.3. The molecule has 30 heavy (non-hydrogen) atoms. The Hall–Kier alpha value is -2.77. The second-order valence-corrected chi connectivity index (χ2v) is 12.5. The normalized spacial score (nSPS) is 12.5. The fourth-order valence-electron chi connectivity index (χ4n) is 4.34. The zero-order valence-electron chi connectivity index (χ0n) is 17.8. The maximum absolute atomic E-state index is 13.3. The third-order valence-electron chi connectivity index (χ3n) is 5.65. The molecule has 156 valence electrons. The van der Waals surface area contributed by atoms with E-state index in [9.17, 15) is 9.59 Å². The first-order chi connectivity index (χ1) is 14.5. The predicted molar refractivity (Wildman–Crippen MR) is 128 cm³/mol. The monoisotopic (exact) mass is 419 g/mol. The van der Waals surface area contributed by atoms with Crippen molar-refractivity contribution in [1.82, 2.24) is 5.09 Å². The number of unbranched alkanes of at least 4 members (excludes halogenated alkanes) is 1. The molecular weight excluding hydrogens is 389 g/mol. The van der Waals surface area contributed by atoms with Crippen molar-refractivity contribution in [3.63, 3.8) is 0 Å². The van der Waals surface area contributed by atoms with Crippen LogP contribution in [0, 0.1) is 0 Å². The molecule has 3 nitrogen and oxygen atoms in total. The van der Waals surface area contributed by atoms with Gasteiger partial charge in [-0.2, -0.15) is 0 Å². The molecule has 3 aromatic carbocycles. The number of benzene rings is 3. The van der Waals surface area contributed by atoms with Gasteiger partial charge in [-0.25, -0.2) is 0 Å². The van der Waals surface area contributed by atoms with Gasteiger partial charge in [0.05, 0.1) is 0 Å². The van der Waals surface area contributed by atoms with E-state index in [2.05, 4.69) is 48.4 Å². The number of hydrogen-bond acceptors (Lipinski definition) is 2. The molecule has 0 aromatic heterocycles. The number of carbonyl (C=O) groups excluding carboxylic acids is 2. The molecule has 1 N–H and O–H groups in total. The zero-order chi connectivity index (χ0) is 21.5. The van der Waals surface area contributed by atoms with Crippen LogP contribution in [0.15, 0.2) is 91.0 Å². The molecule has 0 atom stereocenters. The van der Waals surface area contributed by atoms with E-state index in [1.807, 2.05) is 54.6 Å². The first kappa shape index (κ1) is 21.9. The average Bonchev–Trinajstić information content (AvgIpc) is 2.79. The molecule has 0 spiro atoms. The van der Waals surface area contributed by atoms with Gasteiger partial charge in [0.15, 0.2) is 0 Å². The molecule has 0 fully saturated rings. The molecule has 0 aliphatic carbocycles. The van der Waals surface area contributed by atoms with Crippen molar-refractivity contribution in [3.8, 4) is 0 Å². The summed E-state index contributed by atoms with van der Waals surface area (Å²) < 4.78 is 0. The van der Waals surface area contributed by atoms with Crippen LogP contribution in [0.25, 0.3) is 0 Å². The van der Waals surface area contributed by atoms with Gasteiger partial charge in [-0.3, -0.25) is 0 Å². The van der Waals surface area contributed by atoms with Crippen molar-refractivity contribution in [2.24, 2.45) is 0 Å². The molecular formula is C26H30NO2P. The number of hydrogen-bond donors (Lipinski definition) is 1. The van der Waals surface area contributed by atoms with E-state index in [0.717, 1.165) is 28.8 Å². The number of nitrogens with one attached hydrogen (secondary N) is 1. The first-order valence-electron chi connectivity index (χ1n) is 10.5. The second-order valence-electron chi connectivity index (χ2n) is 7.81. The van der Waals surface area contributed by atoms with Crippen LogP contribution in [0.1, 0.15) is 33.1 Å². The van der Waals surface area contributed by atoms with Crippen LogP contribution >= 0.6 is 6.75 Å². The van der Waals surface area contributed by atoms with E-state index in [1.54, 1.807) is 6.92 Å². The number of ketones is 1. The fourth-order valence-corrected chi connectivity index (χ4v) is 10.3. The van der Waals surface area contributed by atoms with Gasteiger partial charge >= 0.3 is 179 Å². The van der Waals surface area contributed by atoms with Crippen LogP contribution in [-0.2, 0) is 9.59 Å². The molecule has 0 heterocycles. The van der Waals surface area contributed by atoms with Gasteiger partial charge in [0.1, 0.15) is 0 Å². The molecule has 3 rings (SSSR count). The zero-order valence-corrected chi connectivity index (χ0v) is 18.6. The molecule has 3 aromatic rings. The van der Waals surface area contributed by atoms with Gasteiger partial charge in [0.2, 0.25) is 0 Å². The number of rotatable bonds is 9. The minimum atomic E-state index is -3.62. The summed E-state index contributed by atoms with van der Waals surface area (Å²) in [5, 5.41) is 6.53. The SMILES string of the molecule is CCCCC(=O)NP(CC(C)=O)(c1ccccc1)(c1ccccc1)c1ccccc1. The Balaban J connectivity index is 2.44. The number of amides is 1. The quantitative estimate of drug-likeness (QED) is 0.525. The molecule has 0 aliphatic heterocycles. The molecule has 0 saturated carbocycles. The van der Waals surface area contributed by atoms with Gasteiger partial charge in [-0.05, 0) is 0 Å². The van der Waals surface area contributed by atoms with Gasteiger partial charge in [-0.1, -0.05) is 0 Å².